The van der Waals surface area contributed by atoms with E-state index in [4.69, 9.17) is 0 Å². The predicted molar refractivity (Wildman–Crippen MR) is 76.0 cm³/mol. The zero-order valence-electron chi connectivity index (χ0n) is 10.8. The Kier molecular flexibility index (Phi) is 3.02. The molecule has 1 aliphatic heterocycles. The van der Waals surface area contributed by atoms with Crippen LogP contribution in [-0.4, -0.2) is 16.6 Å². The Morgan fingerprint density at radius 2 is 1.90 bits per heavy atom. The fraction of sp³-hybridized carbons (Fsp3) is 0.200. The number of nitrogens with zero attached hydrogens (tertiary/aromatic N) is 2. The number of hydrogen-bond donors (Lipinski definition) is 1. The van der Waals surface area contributed by atoms with Crippen LogP contribution in [0.3, 0.4) is 0 Å². The summed E-state index contributed by atoms with van der Waals surface area (Å²) in [5.41, 5.74) is 3.15. The van der Waals surface area contributed by atoms with E-state index in [9.17, 15) is 15.2 Å². The number of aromatic hydroxyl groups is 1. The van der Waals surface area contributed by atoms with E-state index in [0.717, 1.165) is 25.2 Å². The van der Waals surface area contributed by atoms with Gasteiger partial charge in [-0.1, -0.05) is 24.3 Å². The van der Waals surface area contributed by atoms with Crippen LogP contribution in [0.1, 0.15) is 11.1 Å². The molecule has 0 unspecified atom stereocenters. The maximum Gasteiger partial charge on any atom is 0.310 e. The predicted octanol–water partition coefficient (Wildman–Crippen LogP) is 2.86. The lowest BCUT2D eigenvalue weighted by Crippen LogP contribution is -2.30. The highest BCUT2D eigenvalue weighted by molar-refractivity contribution is 5.59. The van der Waals surface area contributed by atoms with Crippen LogP contribution in [0.25, 0.3) is 0 Å². The number of benzene rings is 2. The lowest BCUT2D eigenvalue weighted by Gasteiger charge is -2.30. The van der Waals surface area contributed by atoms with Crippen molar-refractivity contribution in [1.82, 2.24) is 0 Å². The number of phenols is 1. The molecule has 0 radical (unpaired) electrons. The Balaban J connectivity index is 1.88. The van der Waals surface area contributed by atoms with E-state index in [2.05, 4.69) is 17.0 Å². The van der Waals surface area contributed by atoms with Gasteiger partial charge in [0.2, 0.25) is 0 Å². The number of anilines is 1. The molecule has 1 N–H and O–H groups in total. The molecule has 0 bridgehead atoms. The molecule has 3 rings (SSSR count). The first kappa shape index (κ1) is 12.5. The van der Waals surface area contributed by atoms with Gasteiger partial charge in [0.05, 0.1) is 4.92 Å². The summed E-state index contributed by atoms with van der Waals surface area (Å²) in [6, 6.07) is 12.8. The van der Waals surface area contributed by atoms with E-state index < -0.39 is 4.92 Å². The van der Waals surface area contributed by atoms with Crippen LogP contribution in [0.5, 0.6) is 5.75 Å². The third-order valence-electron chi connectivity index (χ3n) is 3.65. The molecule has 0 aliphatic carbocycles. The Labute approximate surface area is 116 Å². The maximum atomic E-state index is 10.7. The van der Waals surface area contributed by atoms with Gasteiger partial charge in [-0.25, -0.2) is 0 Å². The van der Waals surface area contributed by atoms with Gasteiger partial charge < -0.3 is 10.0 Å². The molecular formula is C15H14N2O3. The van der Waals surface area contributed by atoms with Crippen molar-refractivity contribution in [1.29, 1.82) is 0 Å². The first-order chi connectivity index (χ1) is 9.65. The lowest BCUT2D eigenvalue weighted by molar-refractivity contribution is -0.385. The van der Waals surface area contributed by atoms with E-state index in [1.807, 2.05) is 12.1 Å². The highest BCUT2D eigenvalue weighted by atomic mass is 16.6. The fourth-order valence-corrected chi connectivity index (χ4v) is 2.58. The number of fused-ring (bicyclic) bond motifs is 1. The minimum Gasteiger partial charge on any atom is -0.502 e. The van der Waals surface area contributed by atoms with Gasteiger partial charge in [-0.3, -0.25) is 10.1 Å². The van der Waals surface area contributed by atoms with Crippen LogP contribution in [0.4, 0.5) is 11.4 Å². The molecule has 102 valence electrons. The van der Waals surface area contributed by atoms with E-state index >= 15 is 0 Å². The van der Waals surface area contributed by atoms with Crippen molar-refractivity contribution in [2.75, 3.05) is 11.4 Å². The minimum atomic E-state index is -0.579. The van der Waals surface area contributed by atoms with Crippen molar-refractivity contribution < 1.29 is 10.0 Å². The molecule has 2 aromatic carbocycles. The van der Waals surface area contributed by atoms with Gasteiger partial charge in [0.15, 0.2) is 5.75 Å². The standard InChI is InChI=1S/C15H14N2O3/c18-15-9-13(5-6-14(15)17(19)20)16-8-7-11-3-1-2-4-12(11)10-16/h1-6,9,18H,7-8,10H2. The molecule has 0 fully saturated rings. The second-order valence-electron chi connectivity index (χ2n) is 4.87. The number of rotatable bonds is 2. The summed E-state index contributed by atoms with van der Waals surface area (Å²) in [6.45, 7) is 1.60. The van der Waals surface area contributed by atoms with Crippen molar-refractivity contribution in [3.8, 4) is 5.75 Å². The van der Waals surface area contributed by atoms with Crippen LogP contribution < -0.4 is 4.90 Å². The van der Waals surface area contributed by atoms with Crippen LogP contribution >= 0.6 is 0 Å². The van der Waals surface area contributed by atoms with E-state index in [0.29, 0.717) is 0 Å². The number of nitro groups is 1. The van der Waals surface area contributed by atoms with Crippen molar-refractivity contribution in [2.45, 2.75) is 13.0 Å². The average molecular weight is 270 g/mol. The third-order valence-corrected chi connectivity index (χ3v) is 3.65. The number of phenolic OH excluding ortho intramolecular Hbond substituents is 1. The molecule has 2 aromatic rings. The van der Waals surface area contributed by atoms with Crippen molar-refractivity contribution in [3.63, 3.8) is 0 Å². The molecule has 0 saturated carbocycles. The van der Waals surface area contributed by atoms with Crippen LogP contribution in [0.2, 0.25) is 0 Å². The van der Waals surface area contributed by atoms with Gasteiger partial charge in [0.1, 0.15) is 0 Å². The molecule has 0 saturated heterocycles. The summed E-state index contributed by atoms with van der Waals surface area (Å²) in [5.74, 6) is -0.286. The molecule has 0 spiro atoms. The summed E-state index contributed by atoms with van der Waals surface area (Å²) in [6.07, 6.45) is 0.938. The molecular weight excluding hydrogens is 256 g/mol. The van der Waals surface area contributed by atoms with Crippen LogP contribution in [0, 0.1) is 10.1 Å². The Morgan fingerprint density at radius 1 is 1.15 bits per heavy atom. The summed E-state index contributed by atoms with van der Waals surface area (Å²) in [5, 5.41) is 20.4. The summed E-state index contributed by atoms with van der Waals surface area (Å²) >= 11 is 0. The fourth-order valence-electron chi connectivity index (χ4n) is 2.58. The Hall–Kier alpha value is -2.56. The third kappa shape index (κ3) is 2.18. The topological polar surface area (TPSA) is 66.6 Å². The van der Waals surface area contributed by atoms with Crippen LogP contribution in [0.15, 0.2) is 42.5 Å². The van der Waals surface area contributed by atoms with Gasteiger partial charge in [-0.05, 0) is 23.6 Å². The molecule has 0 atom stereocenters. The van der Waals surface area contributed by atoms with Crippen LogP contribution in [-0.2, 0) is 13.0 Å². The van der Waals surface area contributed by atoms with Gasteiger partial charge in [0.25, 0.3) is 0 Å². The average Bonchev–Trinajstić information content (AvgIpc) is 2.46. The molecule has 20 heavy (non-hydrogen) atoms. The molecule has 5 nitrogen and oxygen atoms in total. The number of hydrogen-bond acceptors (Lipinski definition) is 4. The minimum absolute atomic E-state index is 0.258. The highest BCUT2D eigenvalue weighted by Gasteiger charge is 2.19. The molecule has 1 aliphatic rings. The summed E-state index contributed by atoms with van der Waals surface area (Å²) < 4.78 is 0. The van der Waals surface area contributed by atoms with E-state index in [1.165, 1.54) is 23.3 Å². The zero-order chi connectivity index (χ0) is 14.1. The second kappa shape index (κ2) is 4.85. The summed E-state index contributed by atoms with van der Waals surface area (Å²) in [7, 11) is 0. The molecule has 1 heterocycles. The van der Waals surface area contributed by atoms with E-state index in [1.54, 1.807) is 6.07 Å². The normalized spacial score (nSPS) is 13.9. The molecule has 0 amide bonds. The summed E-state index contributed by atoms with van der Waals surface area (Å²) in [4.78, 5) is 12.2. The quantitative estimate of drug-likeness (QED) is 0.673. The van der Waals surface area contributed by atoms with Crippen molar-refractivity contribution >= 4 is 11.4 Å². The van der Waals surface area contributed by atoms with Gasteiger partial charge in [-0.15, -0.1) is 0 Å². The second-order valence-corrected chi connectivity index (χ2v) is 4.87. The first-order valence-electron chi connectivity index (χ1n) is 6.44. The van der Waals surface area contributed by atoms with Gasteiger partial charge >= 0.3 is 5.69 Å². The Bertz CT molecular complexity index is 670. The Morgan fingerprint density at radius 3 is 2.60 bits per heavy atom. The van der Waals surface area contributed by atoms with Gasteiger partial charge in [-0.2, -0.15) is 0 Å². The largest absolute Gasteiger partial charge is 0.502 e. The first-order valence-corrected chi connectivity index (χ1v) is 6.44. The zero-order valence-corrected chi connectivity index (χ0v) is 10.8. The van der Waals surface area contributed by atoms with E-state index in [-0.39, 0.29) is 11.4 Å². The lowest BCUT2D eigenvalue weighted by atomic mass is 9.99. The SMILES string of the molecule is O=[N+]([O-])c1ccc(N2CCc3ccccc3C2)cc1O. The highest BCUT2D eigenvalue weighted by Crippen LogP contribution is 2.32. The van der Waals surface area contributed by atoms with Crippen molar-refractivity contribution in [3.05, 3.63) is 63.7 Å². The molecule has 5 heteroatoms. The maximum absolute atomic E-state index is 10.7. The smallest absolute Gasteiger partial charge is 0.310 e. The number of nitro benzene ring substituents is 1. The molecule has 0 aromatic heterocycles. The van der Waals surface area contributed by atoms with Gasteiger partial charge in [0, 0.05) is 30.9 Å². The van der Waals surface area contributed by atoms with Crippen molar-refractivity contribution in [2.24, 2.45) is 0 Å². The monoisotopic (exact) mass is 270 g/mol.